The van der Waals surface area contributed by atoms with Crippen LogP contribution in [0, 0.1) is 0 Å². The van der Waals surface area contributed by atoms with Gasteiger partial charge in [-0.1, -0.05) is 75.7 Å². The van der Waals surface area contributed by atoms with Gasteiger partial charge in [0.2, 0.25) is 11.8 Å². The lowest BCUT2D eigenvalue weighted by Gasteiger charge is -2.45. The Morgan fingerprint density at radius 3 is 2.61 bits per heavy atom. The quantitative estimate of drug-likeness (QED) is 0.283. The van der Waals surface area contributed by atoms with Crippen LogP contribution in [0.4, 0.5) is 0 Å². The molecular weight excluding hydrogens is 586 g/mol. The number of β-amino-alcohol motifs (C(OH)–C–C–N with tert-alkyl or cyclic N) is 1. The van der Waals surface area contributed by atoms with Gasteiger partial charge in [-0.3, -0.25) is 4.79 Å². The molecule has 0 aliphatic carbocycles. The summed E-state index contributed by atoms with van der Waals surface area (Å²) in [7, 11) is 0. The minimum atomic E-state index is -1.27. The fourth-order valence-electron chi connectivity index (χ4n) is 5.09. The first kappa shape index (κ1) is 25.4. The molecular formula is C30H24BrN7O3. The molecule has 3 aromatic heterocycles. The first-order chi connectivity index (χ1) is 19.9. The van der Waals surface area contributed by atoms with E-state index in [0.29, 0.717) is 17.3 Å². The smallest absolute Gasteiger partial charge is 0.242 e. The number of hydrogen-bond donors (Lipinski definition) is 1. The highest BCUT2D eigenvalue weighted by atomic mass is 79.9. The van der Waals surface area contributed by atoms with Crippen molar-refractivity contribution in [2.45, 2.75) is 18.7 Å². The molecule has 0 bridgehead atoms. The lowest BCUT2D eigenvalue weighted by molar-refractivity contribution is -0.158. The average molecular weight is 610 g/mol. The minimum Gasteiger partial charge on any atom is -0.439 e. The van der Waals surface area contributed by atoms with E-state index in [1.54, 1.807) is 22.0 Å². The van der Waals surface area contributed by atoms with Gasteiger partial charge < -0.3 is 19.0 Å². The lowest BCUT2D eigenvalue weighted by atomic mass is 9.91. The highest BCUT2D eigenvalue weighted by molar-refractivity contribution is 9.10. The Labute approximate surface area is 243 Å². The molecule has 6 aromatic rings. The maximum Gasteiger partial charge on any atom is 0.242 e. The summed E-state index contributed by atoms with van der Waals surface area (Å²) in [4.78, 5) is 24.1. The van der Waals surface area contributed by atoms with E-state index in [4.69, 9.17) is 9.40 Å². The maximum atomic E-state index is 13.3. The first-order valence-corrected chi connectivity index (χ1v) is 13.9. The fourth-order valence-corrected chi connectivity index (χ4v) is 5.49. The van der Waals surface area contributed by atoms with Crippen LogP contribution in [-0.4, -0.2) is 58.5 Å². The summed E-state index contributed by atoms with van der Waals surface area (Å²) in [6, 6.07) is 25.3. The second kappa shape index (κ2) is 10.1. The van der Waals surface area contributed by atoms with Crippen molar-refractivity contribution in [1.29, 1.82) is 0 Å². The van der Waals surface area contributed by atoms with Crippen molar-refractivity contribution >= 4 is 32.9 Å². The molecule has 0 saturated carbocycles. The lowest BCUT2D eigenvalue weighted by Crippen LogP contribution is -2.62. The topological polar surface area (TPSA) is 115 Å². The number of halogens is 1. The Bertz CT molecular complexity index is 1870. The third-order valence-electron chi connectivity index (χ3n) is 7.21. The molecule has 7 rings (SSSR count). The Morgan fingerprint density at radius 2 is 1.78 bits per heavy atom. The Hall–Kier alpha value is -4.61. The number of aromatic nitrogens is 6. The second-order valence-electron chi connectivity index (χ2n) is 10.1. The molecule has 0 radical (unpaired) electrons. The first-order valence-electron chi connectivity index (χ1n) is 13.1. The summed E-state index contributed by atoms with van der Waals surface area (Å²) in [5, 5.41) is 19.5. The number of carbonyl (C=O) groups excluding carboxylic acids is 1. The van der Waals surface area contributed by atoms with Crippen LogP contribution in [0.25, 0.3) is 33.7 Å². The monoisotopic (exact) mass is 609 g/mol. The van der Waals surface area contributed by atoms with E-state index < -0.39 is 5.60 Å². The number of rotatable bonds is 7. The summed E-state index contributed by atoms with van der Waals surface area (Å²) < 4.78 is 10.3. The molecule has 0 unspecified atom stereocenters. The van der Waals surface area contributed by atoms with E-state index >= 15 is 0 Å². The van der Waals surface area contributed by atoms with Crippen molar-refractivity contribution in [2.75, 3.05) is 13.1 Å². The number of carbonyl (C=O) groups is 1. The molecule has 10 nitrogen and oxygen atoms in total. The molecule has 1 aliphatic heterocycles. The van der Waals surface area contributed by atoms with E-state index in [1.165, 1.54) is 0 Å². The number of nitrogens with zero attached hydrogens (tertiary/aromatic N) is 7. The van der Waals surface area contributed by atoms with Crippen molar-refractivity contribution in [3.05, 3.63) is 107 Å². The zero-order valence-electron chi connectivity index (χ0n) is 21.8. The SMILES string of the molecule is O=C(Cn1c(-c2ccccc2)nc2ccccc21)N1CC(O)(c2cn(Cc3ncc(-c4cccc(Br)c4)o3)nn2)C1. The predicted octanol–water partition coefficient (Wildman–Crippen LogP) is 4.49. The zero-order valence-corrected chi connectivity index (χ0v) is 23.3. The molecule has 0 atom stereocenters. The number of oxazole rings is 1. The van der Waals surface area contributed by atoms with Gasteiger partial charge in [-0.05, 0) is 24.3 Å². The molecule has 41 heavy (non-hydrogen) atoms. The molecule has 11 heteroatoms. The molecule has 1 N–H and O–H groups in total. The number of fused-ring (bicyclic) bond motifs is 1. The van der Waals surface area contributed by atoms with Crippen molar-refractivity contribution in [2.24, 2.45) is 0 Å². The molecule has 0 spiro atoms. The number of para-hydroxylation sites is 2. The maximum absolute atomic E-state index is 13.3. The van der Waals surface area contributed by atoms with Gasteiger partial charge in [0.1, 0.15) is 30.2 Å². The second-order valence-corrected chi connectivity index (χ2v) is 11.0. The number of benzene rings is 3. The van der Waals surface area contributed by atoms with Crippen LogP contribution >= 0.6 is 15.9 Å². The van der Waals surface area contributed by atoms with Gasteiger partial charge in [0.05, 0.1) is 36.5 Å². The van der Waals surface area contributed by atoms with Crippen LogP contribution in [0.3, 0.4) is 0 Å². The highest BCUT2D eigenvalue weighted by Gasteiger charge is 2.47. The predicted molar refractivity (Wildman–Crippen MR) is 154 cm³/mol. The molecule has 1 fully saturated rings. The van der Waals surface area contributed by atoms with Gasteiger partial charge in [-0.2, -0.15) is 0 Å². The van der Waals surface area contributed by atoms with E-state index in [1.807, 2.05) is 83.4 Å². The third-order valence-corrected chi connectivity index (χ3v) is 7.71. The molecule has 4 heterocycles. The van der Waals surface area contributed by atoms with Gasteiger partial charge in [-0.25, -0.2) is 14.6 Å². The van der Waals surface area contributed by atoms with E-state index in [2.05, 4.69) is 31.2 Å². The average Bonchev–Trinajstić information content (AvgIpc) is 3.72. The van der Waals surface area contributed by atoms with E-state index in [-0.39, 0.29) is 32.1 Å². The Kier molecular flexibility index (Phi) is 6.25. The summed E-state index contributed by atoms with van der Waals surface area (Å²) in [6.07, 6.45) is 3.34. The van der Waals surface area contributed by atoms with Crippen molar-refractivity contribution in [3.8, 4) is 22.7 Å². The zero-order chi connectivity index (χ0) is 28.0. The molecule has 204 valence electrons. The summed E-state index contributed by atoms with van der Waals surface area (Å²) in [5.74, 6) is 1.74. The summed E-state index contributed by atoms with van der Waals surface area (Å²) in [6.45, 7) is 0.626. The Morgan fingerprint density at radius 1 is 1.00 bits per heavy atom. The van der Waals surface area contributed by atoms with Gasteiger partial charge >= 0.3 is 0 Å². The number of imidazole rings is 1. The molecule has 1 saturated heterocycles. The van der Waals surface area contributed by atoms with E-state index in [9.17, 15) is 9.90 Å². The molecule has 1 aliphatic rings. The minimum absolute atomic E-state index is 0.109. The number of hydrogen-bond acceptors (Lipinski definition) is 7. The van der Waals surface area contributed by atoms with Crippen LogP contribution in [-0.2, 0) is 23.5 Å². The van der Waals surface area contributed by atoms with Crippen LogP contribution in [0.5, 0.6) is 0 Å². The third kappa shape index (κ3) is 4.83. The fraction of sp³-hybridized carbons (Fsp3) is 0.167. The van der Waals surface area contributed by atoms with Crippen molar-refractivity contribution in [3.63, 3.8) is 0 Å². The van der Waals surface area contributed by atoms with Crippen LogP contribution < -0.4 is 0 Å². The molecule has 3 aromatic carbocycles. The highest BCUT2D eigenvalue weighted by Crippen LogP contribution is 2.32. The summed E-state index contributed by atoms with van der Waals surface area (Å²) >= 11 is 3.47. The number of aliphatic hydroxyl groups is 1. The summed E-state index contributed by atoms with van der Waals surface area (Å²) in [5.41, 5.74) is 2.68. The standard InChI is InChI=1S/C30H24BrN7O3/c31-22-10-6-9-21(13-22)25-14-32-27(41-25)16-37-15-26(34-35-37)30(40)18-36(19-30)28(39)17-38-24-12-5-4-11-23(24)33-29(38)20-7-2-1-3-8-20/h1-15,40H,16-19H2. The van der Waals surface area contributed by atoms with Crippen molar-refractivity contribution < 1.29 is 14.3 Å². The Balaban J connectivity index is 1.03. The van der Waals surface area contributed by atoms with Crippen molar-refractivity contribution in [1.82, 2.24) is 34.4 Å². The normalized spacial score (nSPS) is 14.3. The number of amides is 1. The van der Waals surface area contributed by atoms with Crippen LogP contribution in [0.15, 0.2) is 100 Å². The van der Waals surface area contributed by atoms with Crippen LogP contribution in [0.2, 0.25) is 0 Å². The largest absolute Gasteiger partial charge is 0.439 e. The van der Waals surface area contributed by atoms with E-state index in [0.717, 1.165) is 32.5 Å². The van der Waals surface area contributed by atoms with Gasteiger partial charge in [0.25, 0.3) is 0 Å². The van der Waals surface area contributed by atoms with Gasteiger partial charge in [-0.15, -0.1) is 5.10 Å². The van der Waals surface area contributed by atoms with Crippen LogP contribution in [0.1, 0.15) is 11.6 Å². The van der Waals surface area contributed by atoms with Gasteiger partial charge in [0, 0.05) is 15.6 Å². The number of likely N-dealkylation sites (tertiary alicyclic amines) is 1. The molecule has 1 amide bonds. The van der Waals surface area contributed by atoms with Gasteiger partial charge in [0.15, 0.2) is 5.76 Å².